The van der Waals surface area contributed by atoms with Gasteiger partial charge in [0.05, 0.1) is 24.0 Å². The molecule has 268 valence electrons. The first-order valence-electron chi connectivity index (χ1n) is 17.2. The molecule has 12 heteroatoms. The number of hydrogen-bond donors (Lipinski definition) is 2. The summed E-state index contributed by atoms with van der Waals surface area (Å²) in [4.78, 5) is 59.0. The molecule has 7 atom stereocenters. The number of carbonyl (C=O) groups is 4. The van der Waals surface area contributed by atoms with Crippen LogP contribution in [0.3, 0.4) is 0 Å². The molecule has 3 heterocycles. The molecule has 3 amide bonds. The molecule has 2 bridgehead atoms. The maximum atomic E-state index is 14.8. The summed E-state index contributed by atoms with van der Waals surface area (Å²) in [6, 6.07) is 14.4. The fourth-order valence-corrected chi connectivity index (χ4v) is 8.63. The van der Waals surface area contributed by atoms with Crippen molar-refractivity contribution in [1.82, 2.24) is 10.2 Å². The topological polar surface area (TPSA) is 125 Å². The second kappa shape index (κ2) is 17.1. The molecule has 0 radical (unpaired) electrons. The molecular formula is C38H45BrClN3O7. The molecule has 10 nitrogen and oxygen atoms in total. The first-order valence-corrected chi connectivity index (χ1v) is 18.5. The second-order valence-corrected chi connectivity index (χ2v) is 14.6. The lowest BCUT2D eigenvalue weighted by Gasteiger charge is -2.37. The van der Waals surface area contributed by atoms with E-state index in [1.165, 1.54) is 0 Å². The summed E-state index contributed by atoms with van der Waals surface area (Å²) >= 11 is 9.91. The van der Waals surface area contributed by atoms with Gasteiger partial charge in [0.25, 0.3) is 5.91 Å². The Kier molecular flexibility index (Phi) is 12.9. The molecule has 2 N–H and O–H groups in total. The average Bonchev–Trinajstić information content (AvgIpc) is 3.71. The van der Waals surface area contributed by atoms with Crippen molar-refractivity contribution in [3.05, 3.63) is 90.5 Å². The molecular weight excluding hydrogens is 726 g/mol. The minimum absolute atomic E-state index is 0.0865. The van der Waals surface area contributed by atoms with Crippen LogP contribution >= 0.6 is 27.5 Å². The standard InChI is InChI=1S/C38H45BrClN3O7/c1-3-5-15-30(45)49-24-29(25-13-9-8-10-14-25)41-35(46)31-32-36(47)43(21-11-6-7-12-22-44)34(38(32)23-28(39)33(31)50-38)37(48)42(20-4-2)27-18-16-26(40)17-19-27/h3-4,8-10,13-14,16-19,28-29,31-34,44H,1-2,5-7,11-12,15,20-24H2,(H,41,46)/t28?,29-,31+,32-,33+,34+,38-/m1/s1. The van der Waals surface area contributed by atoms with Crippen LogP contribution < -0.4 is 10.2 Å². The minimum atomic E-state index is -1.26. The Labute approximate surface area is 306 Å². The molecule has 2 aromatic carbocycles. The van der Waals surface area contributed by atoms with Crippen molar-refractivity contribution < 1.29 is 33.8 Å². The molecule has 3 saturated heterocycles. The number of rotatable bonds is 18. The predicted molar refractivity (Wildman–Crippen MR) is 195 cm³/mol. The van der Waals surface area contributed by atoms with Gasteiger partial charge in [0.15, 0.2) is 0 Å². The quantitative estimate of drug-likeness (QED) is 0.0885. The average molecular weight is 771 g/mol. The number of nitrogens with zero attached hydrogens (tertiary/aromatic N) is 2. The third-order valence-electron chi connectivity index (χ3n) is 9.83. The van der Waals surface area contributed by atoms with Gasteiger partial charge >= 0.3 is 5.97 Å². The van der Waals surface area contributed by atoms with Crippen LogP contribution in [0.4, 0.5) is 5.69 Å². The molecule has 0 aromatic heterocycles. The van der Waals surface area contributed by atoms with Gasteiger partial charge in [0.1, 0.15) is 18.2 Å². The van der Waals surface area contributed by atoms with Gasteiger partial charge in [-0.2, -0.15) is 0 Å². The summed E-state index contributed by atoms with van der Waals surface area (Å²) in [6.07, 6.45) is 6.42. The molecule has 2 aromatic rings. The number of ether oxygens (including phenoxy) is 2. The number of esters is 1. The van der Waals surface area contributed by atoms with Crippen molar-refractivity contribution in [3.8, 4) is 0 Å². The van der Waals surface area contributed by atoms with Crippen LogP contribution in [0.15, 0.2) is 79.9 Å². The number of amides is 3. The zero-order valence-corrected chi connectivity index (χ0v) is 30.4. The SMILES string of the molecule is C=CCCC(=O)OC[C@@H](NC(=O)[C@@H]1[C@H]2O[C@@]3(CC2Br)[C@H](C(=O)N(CC=C)c2ccc(Cl)cc2)N(CCCCCCO)C(=O)[C@@H]13)c1ccccc1. The van der Waals surface area contributed by atoms with Crippen molar-refractivity contribution in [2.45, 2.75) is 73.6 Å². The maximum absolute atomic E-state index is 14.8. The second-order valence-electron chi connectivity index (χ2n) is 13.0. The number of benzene rings is 2. The van der Waals surface area contributed by atoms with Gasteiger partial charge in [0.2, 0.25) is 11.8 Å². The lowest BCUT2D eigenvalue weighted by atomic mass is 9.70. The van der Waals surface area contributed by atoms with Crippen LogP contribution in [0, 0.1) is 11.8 Å². The van der Waals surface area contributed by atoms with Gasteiger partial charge in [-0.15, -0.1) is 13.2 Å². The Morgan fingerprint density at radius 2 is 1.82 bits per heavy atom. The number of aliphatic hydroxyl groups is 1. The highest BCUT2D eigenvalue weighted by Crippen LogP contribution is 2.60. The first-order chi connectivity index (χ1) is 24.2. The minimum Gasteiger partial charge on any atom is -0.463 e. The summed E-state index contributed by atoms with van der Waals surface area (Å²) in [7, 11) is 0. The molecule has 5 rings (SSSR count). The van der Waals surface area contributed by atoms with Crippen molar-refractivity contribution in [2.75, 3.05) is 31.2 Å². The van der Waals surface area contributed by atoms with Crippen molar-refractivity contribution in [3.63, 3.8) is 0 Å². The zero-order valence-electron chi connectivity index (χ0n) is 28.1. The molecule has 3 aliphatic heterocycles. The number of allylic oxidation sites excluding steroid dienone is 1. The number of likely N-dealkylation sites (tertiary alicyclic amines) is 1. The van der Waals surface area contributed by atoms with Crippen LogP contribution in [0.2, 0.25) is 5.02 Å². The third kappa shape index (κ3) is 7.86. The van der Waals surface area contributed by atoms with Gasteiger partial charge in [-0.25, -0.2) is 0 Å². The van der Waals surface area contributed by atoms with Gasteiger partial charge in [0, 0.05) is 41.7 Å². The number of anilines is 1. The number of alkyl halides is 1. The third-order valence-corrected chi connectivity index (χ3v) is 10.9. The van der Waals surface area contributed by atoms with Gasteiger partial charge in [-0.3, -0.25) is 19.2 Å². The number of nitrogens with one attached hydrogen (secondary N) is 1. The van der Waals surface area contributed by atoms with Crippen LogP contribution in [-0.2, 0) is 28.7 Å². The number of halogens is 2. The molecule has 3 fully saturated rings. The molecule has 0 saturated carbocycles. The van der Waals surface area contributed by atoms with Crippen LogP contribution in [0.1, 0.15) is 56.6 Å². The Bertz CT molecular complexity index is 1540. The molecule has 3 aliphatic rings. The van der Waals surface area contributed by atoms with Gasteiger partial charge in [-0.05, 0) is 55.5 Å². The smallest absolute Gasteiger partial charge is 0.306 e. The van der Waals surface area contributed by atoms with Gasteiger partial charge < -0.3 is 29.7 Å². The van der Waals surface area contributed by atoms with E-state index in [9.17, 15) is 24.3 Å². The van der Waals surface area contributed by atoms with Gasteiger partial charge in [-0.1, -0.05) is 82.9 Å². The largest absolute Gasteiger partial charge is 0.463 e. The Hall–Kier alpha value is -3.51. The fourth-order valence-electron chi connectivity index (χ4n) is 7.56. The van der Waals surface area contributed by atoms with Crippen molar-refractivity contribution in [2.24, 2.45) is 11.8 Å². The Balaban J connectivity index is 1.47. The number of hydrogen-bond acceptors (Lipinski definition) is 7. The highest BCUT2D eigenvalue weighted by Gasteiger charge is 2.76. The van der Waals surface area contributed by atoms with Crippen LogP contribution in [0.25, 0.3) is 0 Å². The summed E-state index contributed by atoms with van der Waals surface area (Å²) in [5, 5.41) is 12.9. The number of unbranched alkanes of at least 4 members (excludes halogenated alkanes) is 3. The summed E-state index contributed by atoms with van der Waals surface area (Å²) in [5.41, 5.74) is 0.0793. The summed E-state index contributed by atoms with van der Waals surface area (Å²) < 4.78 is 12.3. The van der Waals surface area contributed by atoms with Crippen molar-refractivity contribution in [1.29, 1.82) is 0 Å². The van der Waals surface area contributed by atoms with Crippen LogP contribution in [0.5, 0.6) is 0 Å². The van der Waals surface area contributed by atoms with E-state index in [1.54, 1.807) is 46.2 Å². The van der Waals surface area contributed by atoms with E-state index >= 15 is 0 Å². The van der Waals surface area contributed by atoms with E-state index in [-0.39, 0.29) is 42.8 Å². The lowest BCUT2D eigenvalue weighted by Crippen LogP contribution is -2.57. The molecule has 1 spiro atoms. The zero-order chi connectivity index (χ0) is 35.8. The Morgan fingerprint density at radius 1 is 1.10 bits per heavy atom. The fraction of sp³-hybridized carbons (Fsp3) is 0.474. The number of carbonyl (C=O) groups excluding carboxylic acids is 4. The predicted octanol–water partition coefficient (Wildman–Crippen LogP) is 5.53. The first kappa shape index (κ1) is 37.7. The van der Waals surface area contributed by atoms with E-state index in [1.807, 2.05) is 30.3 Å². The summed E-state index contributed by atoms with van der Waals surface area (Å²) in [6.45, 7) is 7.99. The molecule has 0 aliphatic carbocycles. The van der Waals surface area contributed by atoms with E-state index in [0.717, 1.165) is 18.4 Å². The summed E-state index contributed by atoms with van der Waals surface area (Å²) in [5.74, 6) is -3.25. The molecule has 1 unspecified atom stereocenters. The lowest BCUT2D eigenvalue weighted by molar-refractivity contribution is -0.145. The highest BCUT2D eigenvalue weighted by molar-refractivity contribution is 9.09. The van der Waals surface area contributed by atoms with Crippen molar-refractivity contribution >= 4 is 56.9 Å². The number of aliphatic hydroxyl groups excluding tert-OH is 1. The molecule has 50 heavy (non-hydrogen) atoms. The van der Waals surface area contributed by atoms with E-state index in [0.29, 0.717) is 42.9 Å². The number of fused-ring (bicyclic) bond motifs is 1. The maximum Gasteiger partial charge on any atom is 0.306 e. The normalized spacial score (nSPS) is 25.5. The highest BCUT2D eigenvalue weighted by atomic mass is 79.9. The van der Waals surface area contributed by atoms with E-state index in [4.69, 9.17) is 21.1 Å². The van der Waals surface area contributed by atoms with E-state index < -0.39 is 47.5 Å². The van der Waals surface area contributed by atoms with Crippen LogP contribution in [-0.4, -0.2) is 82.6 Å². The monoisotopic (exact) mass is 769 g/mol. The van der Waals surface area contributed by atoms with E-state index in [2.05, 4.69) is 34.4 Å². The Morgan fingerprint density at radius 3 is 2.50 bits per heavy atom.